The number of H-pyrrole nitrogens is 1. The first-order valence-corrected chi connectivity index (χ1v) is 7.21. The summed E-state index contributed by atoms with van der Waals surface area (Å²) in [5.41, 5.74) is 1.43. The molecule has 1 aliphatic heterocycles. The van der Waals surface area contributed by atoms with E-state index in [0.717, 1.165) is 37.4 Å². The predicted octanol–water partition coefficient (Wildman–Crippen LogP) is 1.51. The average molecular weight is 285 g/mol. The summed E-state index contributed by atoms with van der Waals surface area (Å²) >= 11 is 0. The van der Waals surface area contributed by atoms with E-state index in [2.05, 4.69) is 25.4 Å². The zero-order valence-corrected chi connectivity index (χ0v) is 12.0. The number of pyridine rings is 1. The Balaban J connectivity index is 1.55. The highest BCUT2D eigenvalue weighted by Gasteiger charge is 2.22. The maximum atomic E-state index is 12.1. The van der Waals surface area contributed by atoms with Gasteiger partial charge in [0.25, 0.3) is 5.91 Å². The molecule has 21 heavy (non-hydrogen) atoms. The van der Waals surface area contributed by atoms with Gasteiger partial charge in [-0.25, -0.2) is 4.98 Å². The average Bonchev–Trinajstić information content (AvgIpc) is 2.95. The Labute approximate surface area is 123 Å². The Morgan fingerprint density at radius 2 is 2.19 bits per heavy atom. The highest BCUT2D eigenvalue weighted by atomic mass is 16.1. The fourth-order valence-electron chi connectivity index (χ4n) is 2.64. The first-order valence-electron chi connectivity index (χ1n) is 7.21. The minimum Gasteiger partial charge on any atom is -0.356 e. The van der Waals surface area contributed by atoms with Crippen molar-refractivity contribution in [1.82, 2.24) is 20.5 Å². The van der Waals surface area contributed by atoms with Crippen molar-refractivity contribution in [2.45, 2.75) is 25.8 Å². The summed E-state index contributed by atoms with van der Waals surface area (Å²) < 4.78 is 0. The smallest absolute Gasteiger partial charge is 0.254 e. The second kappa shape index (κ2) is 5.95. The molecule has 2 aromatic rings. The van der Waals surface area contributed by atoms with E-state index < -0.39 is 0 Å². The summed E-state index contributed by atoms with van der Waals surface area (Å²) in [5, 5.41) is 9.76. The molecule has 0 unspecified atom stereocenters. The van der Waals surface area contributed by atoms with Gasteiger partial charge in [0.1, 0.15) is 5.82 Å². The molecule has 1 aliphatic rings. The molecule has 6 nitrogen and oxygen atoms in total. The van der Waals surface area contributed by atoms with E-state index >= 15 is 0 Å². The normalized spacial score (nSPS) is 16.0. The third-order valence-corrected chi connectivity index (χ3v) is 3.88. The van der Waals surface area contributed by atoms with E-state index in [0.29, 0.717) is 5.56 Å². The van der Waals surface area contributed by atoms with Gasteiger partial charge in [-0.1, -0.05) is 6.07 Å². The van der Waals surface area contributed by atoms with Crippen molar-refractivity contribution in [3.05, 3.63) is 41.9 Å². The van der Waals surface area contributed by atoms with E-state index in [-0.39, 0.29) is 11.9 Å². The number of aryl methyl sites for hydroxylation is 1. The molecular weight excluding hydrogens is 266 g/mol. The summed E-state index contributed by atoms with van der Waals surface area (Å²) in [5.74, 6) is 0.963. The van der Waals surface area contributed by atoms with Gasteiger partial charge in [0.05, 0.1) is 11.8 Å². The number of amides is 1. The Kier molecular flexibility index (Phi) is 3.85. The second-order valence-corrected chi connectivity index (χ2v) is 5.33. The third-order valence-electron chi connectivity index (χ3n) is 3.88. The molecule has 3 rings (SSSR count). The maximum absolute atomic E-state index is 12.1. The minimum absolute atomic E-state index is 0.0439. The van der Waals surface area contributed by atoms with Gasteiger partial charge in [-0.2, -0.15) is 5.10 Å². The lowest BCUT2D eigenvalue weighted by Gasteiger charge is -2.33. The van der Waals surface area contributed by atoms with Crippen LogP contribution in [0.2, 0.25) is 0 Å². The number of carbonyl (C=O) groups excluding carboxylic acids is 1. The van der Waals surface area contributed by atoms with Gasteiger partial charge in [-0.3, -0.25) is 9.89 Å². The van der Waals surface area contributed by atoms with Crippen molar-refractivity contribution in [2.24, 2.45) is 0 Å². The molecule has 1 amide bonds. The predicted molar refractivity (Wildman–Crippen MR) is 80.3 cm³/mol. The van der Waals surface area contributed by atoms with Crippen LogP contribution in [0, 0.1) is 6.92 Å². The van der Waals surface area contributed by atoms with Crippen molar-refractivity contribution < 1.29 is 4.79 Å². The molecule has 3 heterocycles. The fraction of sp³-hybridized carbons (Fsp3) is 0.400. The Morgan fingerprint density at radius 3 is 2.81 bits per heavy atom. The second-order valence-electron chi connectivity index (χ2n) is 5.33. The molecule has 0 aliphatic carbocycles. The van der Waals surface area contributed by atoms with Crippen LogP contribution >= 0.6 is 0 Å². The van der Waals surface area contributed by atoms with Crippen LogP contribution in [0.25, 0.3) is 0 Å². The molecule has 6 heteroatoms. The number of piperidine rings is 1. The Morgan fingerprint density at radius 1 is 1.38 bits per heavy atom. The largest absolute Gasteiger partial charge is 0.356 e. The zero-order chi connectivity index (χ0) is 14.7. The molecule has 0 atom stereocenters. The lowest BCUT2D eigenvalue weighted by Crippen LogP contribution is -2.45. The maximum Gasteiger partial charge on any atom is 0.254 e. The Bertz CT molecular complexity index is 602. The molecule has 2 aromatic heterocycles. The van der Waals surface area contributed by atoms with Crippen LogP contribution in [0.15, 0.2) is 30.6 Å². The SMILES string of the molecule is Cc1[nH]ncc1C(=O)NC1CCN(c2ccccn2)CC1. The zero-order valence-electron chi connectivity index (χ0n) is 12.0. The number of rotatable bonds is 3. The molecule has 1 saturated heterocycles. The van der Waals surface area contributed by atoms with Crippen LogP contribution in [-0.2, 0) is 0 Å². The summed E-state index contributed by atoms with van der Waals surface area (Å²) in [6.45, 7) is 3.67. The number of hydrogen-bond donors (Lipinski definition) is 2. The minimum atomic E-state index is -0.0439. The number of nitrogens with zero attached hydrogens (tertiary/aromatic N) is 3. The van der Waals surface area contributed by atoms with Gasteiger partial charge in [0.15, 0.2) is 0 Å². The van der Waals surface area contributed by atoms with E-state index in [9.17, 15) is 4.79 Å². The van der Waals surface area contributed by atoms with Gasteiger partial charge >= 0.3 is 0 Å². The number of nitrogens with one attached hydrogen (secondary N) is 2. The molecule has 0 spiro atoms. The quantitative estimate of drug-likeness (QED) is 0.896. The van der Waals surface area contributed by atoms with Gasteiger partial charge in [0.2, 0.25) is 0 Å². The van der Waals surface area contributed by atoms with Crippen LogP contribution in [-0.4, -0.2) is 40.2 Å². The molecule has 1 fully saturated rings. The third kappa shape index (κ3) is 3.04. The van der Waals surface area contributed by atoms with Gasteiger partial charge < -0.3 is 10.2 Å². The van der Waals surface area contributed by atoms with Crippen molar-refractivity contribution in [2.75, 3.05) is 18.0 Å². The summed E-state index contributed by atoms with van der Waals surface area (Å²) in [6.07, 6.45) is 5.25. The lowest BCUT2D eigenvalue weighted by molar-refractivity contribution is 0.0930. The fourth-order valence-corrected chi connectivity index (χ4v) is 2.64. The summed E-state index contributed by atoms with van der Waals surface area (Å²) in [7, 11) is 0. The van der Waals surface area contributed by atoms with Crippen LogP contribution in [0.1, 0.15) is 28.9 Å². The number of carbonyl (C=O) groups is 1. The number of hydrogen-bond acceptors (Lipinski definition) is 4. The Hall–Kier alpha value is -2.37. The van der Waals surface area contributed by atoms with Gasteiger partial charge in [0, 0.05) is 31.0 Å². The molecular formula is C15H19N5O. The molecule has 0 aromatic carbocycles. The van der Waals surface area contributed by atoms with Crippen molar-refractivity contribution in [3.63, 3.8) is 0 Å². The van der Waals surface area contributed by atoms with Crippen molar-refractivity contribution in [1.29, 1.82) is 0 Å². The molecule has 0 radical (unpaired) electrons. The monoisotopic (exact) mass is 285 g/mol. The highest BCUT2D eigenvalue weighted by Crippen LogP contribution is 2.17. The molecule has 2 N–H and O–H groups in total. The standard InChI is InChI=1S/C15H19N5O/c1-11-13(10-17-19-11)15(21)18-12-5-8-20(9-6-12)14-4-2-3-7-16-14/h2-4,7,10,12H,5-6,8-9H2,1H3,(H,17,19)(H,18,21). The van der Waals surface area contributed by atoms with Crippen LogP contribution < -0.4 is 10.2 Å². The van der Waals surface area contributed by atoms with E-state index in [1.165, 1.54) is 0 Å². The first-order chi connectivity index (χ1) is 10.2. The molecule has 0 bridgehead atoms. The first kappa shape index (κ1) is 13.6. The van der Waals surface area contributed by atoms with E-state index in [4.69, 9.17) is 0 Å². The van der Waals surface area contributed by atoms with Crippen LogP contribution in [0.4, 0.5) is 5.82 Å². The molecule has 110 valence electrons. The van der Waals surface area contributed by atoms with Crippen molar-refractivity contribution in [3.8, 4) is 0 Å². The van der Waals surface area contributed by atoms with Gasteiger partial charge in [-0.15, -0.1) is 0 Å². The number of aromatic amines is 1. The van der Waals surface area contributed by atoms with Crippen molar-refractivity contribution >= 4 is 11.7 Å². The number of aromatic nitrogens is 3. The molecule has 0 saturated carbocycles. The highest BCUT2D eigenvalue weighted by molar-refractivity contribution is 5.95. The van der Waals surface area contributed by atoms with E-state index in [1.807, 2.05) is 31.3 Å². The topological polar surface area (TPSA) is 73.9 Å². The van der Waals surface area contributed by atoms with E-state index in [1.54, 1.807) is 6.20 Å². The van der Waals surface area contributed by atoms with Crippen LogP contribution in [0.5, 0.6) is 0 Å². The lowest BCUT2D eigenvalue weighted by atomic mass is 10.0. The summed E-state index contributed by atoms with van der Waals surface area (Å²) in [6, 6.07) is 6.15. The van der Waals surface area contributed by atoms with Crippen LogP contribution in [0.3, 0.4) is 0 Å². The van der Waals surface area contributed by atoms with Gasteiger partial charge in [-0.05, 0) is 31.9 Å². The number of anilines is 1. The summed E-state index contributed by atoms with van der Waals surface area (Å²) in [4.78, 5) is 18.8.